The Morgan fingerprint density at radius 2 is 1.55 bits per heavy atom. The third kappa shape index (κ3) is 2.87. The molecule has 0 heterocycles. The number of aryl methyl sites for hydroxylation is 2. The minimum Gasteiger partial charge on any atom is -0.166 e. The van der Waals surface area contributed by atoms with E-state index in [1.165, 1.54) is 6.07 Å². The molecule has 0 aliphatic heterocycles. The van der Waals surface area contributed by atoms with Crippen molar-refractivity contribution >= 4 is 0 Å². The van der Waals surface area contributed by atoms with Crippen LogP contribution in [0.5, 0.6) is 0 Å². The van der Waals surface area contributed by atoms with Gasteiger partial charge in [-0.2, -0.15) is 13.2 Å². The van der Waals surface area contributed by atoms with Gasteiger partial charge >= 0.3 is 6.18 Å². The summed E-state index contributed by atoms with van der Waals surface area (Å²) in [6.07, 6.45) is -2.90. The molecule has 0 fully saturated rings. The van der Waals surface area contributed by atoms with Gasteiger partial charge in [-0.3, -0.25) is 0 Å². The molecular weight excluding hydrogens is 261 g/mol. The van der Waals surface area contributed by atoms with E-state index in [1.54, 1.807) is 24.3 Å². The molecular formula is C17H17F3. The van der Waals surface area contributed by atoms with Gasteiger partial charge in [0, 0.05) is 0 Å². The van der Waals surface area contributed by atoms with Crippen molar-refractivity contribution in [2.45, 2.75) is 32.9 Å². The lowest BCUT2D eigenvalue weighted by Crippen LogP contribution is -2.08. The third-order valence-corrected chi connectivity index (χ3v) is 3.49. The average molecular weight is 278 g/mol. The molecule has 2 aromatic carbocycles. The van der Waals surface area contributed by atoms with Gasteiger partial charge in [0.2, 0.25) is 0 Å². The first-order valence-electron chi connectivity index (χ1n) is 6.75. The first-order chi connectivity index (χ1) is 9.47. The van der Waals surface area contributed by atoms with Gasteiger partial charge in [-0.25, -0.2) is 0 Å². The normalized spacial score (nSPS) is 11.7. The predicted octanol–water partition coefficient (Wildman–Crippen LogP) is 5.50. The molecule has 0 saturated carbocycles. The Labute approximate surface area is 117 Å². The van der Waals surface area contributed by atoms with Crippen molar-refractivity contribution < 1.29 is 13.2 Å². The van der Waals surface area contributed by atoms with Crippen molar-refractivity contribution in [3.8, 4) is 11.1 Å². The van der Waals surface area contributed by atoms with Crippen LogP contribution in [-0.2, 0) is 19.0 Å². The fraction of sp³-hybridized carbons (Fsp3) is 0.294. The van der Waals surface area contributed by atoms with Gasteiger partial charge in [0.15, 0.2) is 0 Å². The summed E-state index contributed by atoms with van der Waals surface area (Å²) in [7, 11) is 0. The highest BCUT2D eigenvalue weighted by atomic mass is 19.4. The molecule has 0 N–H and O–H groups in total. The zero-order valence-electron chi connectivity index (χ0n) is 11.6. The van der Waals surface area contributed by atoms with E-state index in [1.807, 2.05) is 26.0 Å². The van der Waals surface area contributed by atoms with Crippen LogP contribution in [0.2, 0.25) is 0 Å². The van der Waals surface area contributed by atoms with Crippen LogP contribution in [-0.4, -0.2) is 0 Å². The Hall–Kier alpha value is -1.77. The second-order valence-corrected chi connectivity index (χ2v) is 4.74. The largest absolute Gasteiger partial charge is 0.417 e. The van der Waals surface area contributed by atoms with Crippen LogP contribution in [0.4, 0.5) is 13.2 Å². The molecule has 0 nitrogen and oxygen atoms in total. The van der Waals surface area contributed by atoms with E-state index in [0.717, 1.165) is 17.5 Å². The first kappa shape index (κ1) is 14.6. The van der Waals surface area contributed by atoms with Crippen LogP contribution < -0.4 is 0 Å². The molecule has 2 aromatic rings. The molecule has 106 valence electrons. The second kappa shape index (κ2) is 5.70. The van der Waals surface area contributed by atoms with Gasteiger partial charge in [-0.15, -0.1) is 0 Å². The van der Waals surface area contributed by atoms with E-state index in [2.05, 4.69) is 0 Å². The number of rotatable bonds is 3. The van der Waals surface area contributed by atoms with E-state index in [9.17, 15) is 13.2 Å². The Balaban J connectivity index is 2.70. The molecule has 0 aliphatic rings. The van der Waals surface area contributed by atoms with Crippen molar-refractivity contribution in [2.24, 2.45) is 0 Å². The molecule has 0 saturated heterocycles. The molecule has 0 atom stereocenters. The SMILES string of the molecule is CCc1ccc(C(F)(F)F)c(-c2ccccc2CC)c1. The van der Waals surface area contributed by atoms with Crippen LogP contribution in [0.25, 0.3) is 11.1 Å². The second-order valence-electron chi connectivity index (χ2n) is 4.74. The van der Waals surface area contributed by atoms with Crippen molar-refractivity contribution in [3.63, 3.8) is 0 Å². The van der Waals surface area contributed by atoms with Crippen LogP contribution in [0.15, 0.2) is 42.5 Å². The Morgan fingerprint density at radius 1 is 0.850 bits per heavy atom. The molecule has 0 aliphatic carbocycles. The number of halogens is 3. The maximum Gasteiger partial charge on any atom is 0.417 e. The van der Waals surface area contributed by atoms with Crippen molar-refractivity contribution in [1.82, 2.24) is 0 Å². The predicted molar refractivity (Wildman–Crippen MR) is 75.6 cm³/mol. The fourth-order valence-electron chi connectivity index (χ4n) is 2.37. The molecule has 3 heteroatoms. The van der Waals surface area contributed by atoms with Crippen LogP contribution in [0, 0.1) is 0 Å². The summed E-state index contributed by atoms with van der Waals surface area (Å²) in [4.78, 5) is 0. The first-order valence-corrected chi connectivity index (χ1v) is 6.75. The molecule has 2 rings (SSSR count). The number of benzene rings is 2. The molecule has 0 aromatic heterocycles. The van der Waals surface area contributed by atoms with Crippen LogP contribution >= 0.6 is 0 Å². The van der Waals surface area contributed by atoms with E-state index in [4.69, 9.17) is 0 Å². The molecule has 20 heavy (non-hydrogen) atoms. The number of hydrogen-bond donors (Lipinski definition) is 0. The van der Waals surface area contributed by atoms with E-state index < -0.39 is 11.7 Å². The topological polar surface area (TPSA) is 0 Å². The molecule has 0 spiro atoms. The van der Waals surface area contributed by atoms with Gasteiger partial charge in [-0.05, 0) is 41.2 Å². The summed E-state index contributed by atoms with van der Waals surface area (Å²) < 4.78 is 39.6. The molecule has 0 amide bonds. The third-order valence-electron chi connectivity index (χ3n) is 3.49. The molecule has 0 bridgehead atoms. The quantitative estimate of drug-likeness (QED) is 0.695. The highest BCUT2D eigenvalue weighted by Gasteiger charge is 2.33. The summed E-state index contributed by atoms with van der Waals surface area (Å²) in [5.41, 5.74) is 2.26. The minimum atomic E-state index is -4.33. The summed E-state index contributed by atoms with van der Waals surface area (Å²) in [6.45, 7) is 3.90. The minimum absolute atomic E-state index is 0.286. The van der Waals surface area contributed by atoms with Gasteiger partial charge < -0.3 is 0 Å². The van der Waals surface area contributed by atoms with Crippen molar-refractivity contribution in [1.29, 1.82) is 0 Å². The maximum absolute atomic E-state index is 13.2. The van der Waals surface area contributed by atoms with Gasteiger partial charge in [0.25, 0.3) is 0 Å². The lowest BCUT2D eigenvalue weighted by atomic mass is 9.92. The molecule has 0 unspecified atom stereocenters. The summed E-state index contributed by atoms with van der Waals surface area (Å²) in [5.74, 6) is 0. The van der Waals surface area contributed by atoms with Crippen molar-refractivity contribution in [2.75, 3.05) is 0 Å². The highest BCUT2D eigenvalue weighted by molar-refractivity contribution is 5.72. The van der Waals surface area contributed by atoms with Gasteiger partial charge in [-0.1, -0.05) is 50.2 Å². The zero-order valence-corrected chi connectivity index (χ0v) is 11.6. The monoisotopic (exact) mass is 278 g/mol. The highest BCUT2D eigenvalue weighted by Crippen LogP contribution is 2.38. The van der Waals surface area contributed by atoms with E-state index >= 15 is 0 Å². The van der Waals surface area contributed by atoms with Crippen LogP contribution in [0.1, 0.15) is 30.5 Å². The summed E-state index contributed by atoms with van der Waals surface area (Å²) >= 11 is 0. The zero-order chi connectivity index (χ0) is 14.8. The van der Waals surface area contributed by atoms with E-state index in [0.29, 0.717) is 12.0 Å². The number of hydrogen-bond acceptors (Lipinski definition) is 0. The summed E-state index contributed by atoms with van der Waals surface area (Å²) in [5, 5.41) is 0. The maximum atomic E-state index is 13.2. The van der Waals surface area contributed by atoms with Gasteiger partial charge in [0.1, 0.15) is 0 Å². The Bertz CT molecular complexity index is 597. The van der Waals surface area contributed by atoms with Crippen molar-refractivity contribution in [3.05, 3.63) is 59.2 Å². The Kier molecular flexibility index (Phi) is 4.17. The smallest absolute Gasteiger partial charge is 0.166 e. The lowest BCUT2D eigenvalue weighted by molar-refractivity contribution is -0.137. The van der Waals surface area contributed by atoms with Gasteiger partial charge in [0.05, 0.1) is 5.56 Å². The lowest BCUT2D eigenvalue weighted by Gasteiger charge is -2.16. The van der Waals surface area contributed by atoms with Crippen LogP contribution in [0.3, 0.4) is 0 Å². The number of alkyl halides is 3. The summed E-state index contributed by atoms with van der Waals surface area (Å²) in [6, 6.07) is 11.7. The van der Waals surface area contributed by atoms with E-state index in [-0.39, 0.29) is 5.56 Å². The standard InChI is InChI=1S/C17H17F3/c1-3-12-9-10-16(17(18,19)20)15(11-12)14-8-6-5-7-13(14)4-2/h5-11H,3-4H2,1-2H3. The molecule has 0 radical (unpaired) electrons. The Morgan fingerprint density at radius 3 is 2.15 bits per heavy atom. The fourth-order valence-corrected chi connectivity index (χ4v) is 2.37. The average Bonchev–Trinajstić information content (AvgIpc) is 2.45.